The van der Waals surface area contributed by atoms with Gasteiger partial charge in [-0.2, -0.15) is 0 Å². The zero-order valence-electron chi connectivity index (χ0n) is 21.6. The first-order valence-electron chi connectivity index (χ1n) is 12.7. The number of esters is 1. The maximum Gasteiger partial charge on any atom is 0.313 e. The number of hydroxylamine groups is 1. The Kier molecular flexibility index (Phi) is 7.26. The molecule has 2 atom stereocenters. The molecule has 2 aromatic carbocycles. The molecule has 0 spiro atoms. The number of hydrogen-bond acceptors (Lipinski definition) is 7. The number of pyridine rings is 2. The van der Waals surface area contributed by atoms with E-state index in [2.05, 4.69) is 4.98 Å². The van der Waals surface area contributed by atoms with E-state index >= 15 is 4.39 Å². The second-order valence-electron chi connectivity index (χ2n) is 9.77. The number of ether oxygens (including phenoxy) is 2. The molecule has 1 fully saturated rings. The van der Waals surface area contributed by atoms with Crippen molar-refractivity contribution in [2.45, 2.75) is 33.3 Å². The van der Waals surface area contributed by atoms with Crippen molar-refractivity contribution in [3.05, 3.63) is 89.5 Å². The summed E-state index contributed by atoms with van der Waals surface area (Å²) in [5.74, 6) is -2.46. The number of fused-ring (bicyclic) bond motifs is 1. The second-order valence-corrected chi connectivity index (χ2v) is 9.77. The van der Waals surface area contributed by atoms with Crippen molar-refractivity contribution in [2.75, 3.05) is 6.61 Å². The normalized spacial score (nSPS) is 18.0. The molecule has 2 heterocycles. The smallest absolute Gasteiger partial charge is 0.313 e. The summed E-state index contributed by atoms with van der Waals surface area (Å²) in [6.07, 6.45) is 3.75. The van der Waals surface area contributed by atoms with Crippen molar-refractivity contribution in [3.8, 4) is 17.0 Å². The van der Waals surface area contributed by atoms with Crippen LogP contribution in [0.2, 0.25) is 0 Å². The molecule has 1 saturated carbocycles. The van der Waals surface area contributed by atoms with Gasteiger partial charge < -0.3 is 9.47 Å². The largest absolute Gasteiger partial charge is 0.486 e. The molecule has 8 nitrogen and oxygen atoms in total. The summed E-state index contributed by atoms with van der Waals surface area (Å²) in [4.78, 5) is 33.6. The fourth-order valence-corrected chi connectivity index (χ4v) is 4.98. The number of aromatic nitrogens is 2. The predicted octanol–water partition coefficient (Wildman–Crippen LogP) is 4.94. The Morgan fingerprint density at radius 1 is 1.18 bits per heavy atom. The van der Waals surface area contributed by atoms with Gasteiger partial charge >= 0.3 is 5.97 Å². The highest BCUT2D eigenvalue weighted by molar-refractivity contribution is 5.93. The van der Waals surface area contributed by atoms with Crippen molar-refractivity contribution in [1.29, 1.82) is 0 Å². The minimum absolute atomic E-state index is 0.0601. The van der Waals surface area contributed by atoms with E-state index in [1.165, 1.54) is 12.1 Å². The molecule has 0 bridgehead atoms. The molecule has 0 aliphatic heterocycles. The molecule has 1 amide bonds. The monoisotopic (exact) mass is 529 g/mol. The Balaban J connectivity index is 1.38. The summed E-state index contributed by atoms with van der Waals surface area (Å²) in [5.41, 5.74) is 5.30. The first kappa shape index (κ1) is 26.2. The van der Waals surface area contributed by atoms with Gasteiger partial charge in [-0.25, -0.2) is 14.9 Å². The molecule has 1 aliphatic rings. The van der Waals surface area contributed by atoms with E-state index in [4.69, 9.17) is 19.7 Å². The van der Waals surface area contributed by atoms with Crippen LogP contribution >= 0.6 is 0 Å². The first-order chi connectivity index (χ1) is 18.8. The Bertz CT molecular complexity index is 1540. The maximum atomic E-state index is 15.2. The standard InChI is InChI=1S/C30H28FN3O5/c1-3-38-29(36)30(15-23(30)28(35)34-37)14-19-7-9-27(24(31)12-19)39-17-21-13-26(20-5-4-10-32-16-20)33-25-8-6-18(2)11-22(21)25/h4-13,16,23,37H,3,14-15,17H2,1-2H3,(H,34,35)/t23-,30+/m1/s1. The van der Waals surface area contributed by atoms with E-state index in [1.807, 2.05) is 43.3 Å². The number of halogens is 1. The highest BCUT2D eigenvalue weighted by atomic mass is 19.1. The fourth-order valence-electron chi connectivity index (χ4n) is 4.98. The first-order valence-corrected chi connectivity index (χ1v) is 12.7. The van der Waals surface area contributed by atoms with E-state index in [1.54, 1.807) is 30.9 Å². The lowest BCUT2D eigenvalue weighted by Gasteiger charge is -2.17. The molecule has 1 aliphatic carbocycles. The van der Waals surface area contributed by atoms with E-state index < -0.39 is 29.0 Å². The highest BCUT2D eigenvalue weighted by Crippen LogP contribution is 2.56. The maximum absolute atomic E-state index is 15.2. The van der Waals surface area contributed by atoms with E-state index in [-0.39, 0.29) is 31.8 Å². The average molecular weight is 530 g/mol. The van der Waals surface area contributed by atoms with Gasteiger partial charge in [-0.3, -0.25) is 19.8 Å². The van der Waals surface area contributed by atoms with Crippen LogP contribution in [0.1, 0.15) is 30.0 Å². The van der Waals surface area contributed by atoms with Gasteiger partial charge in [0.25, 0.3) is 0 Å². The van der Waals surface area contributed by atoms with Crippen LogP contribution in [0.25, 0.3) is 22.2 Å². The number of carbonyl (C=O) groups is 2. The average Bonchev–Trinajstić information content (AvgIpc) is 3.68. The van der Waals surface area contributed by atoms with Crippen LogP contribution in [-0.4, -0.2) is 33.7 Å². The van der Waals surface area contributed by atoms with Gasteiger partial charge in [0.05, 0.1) is 29.2 Å². The van der Waals surface area contributed by atoms with Gasteiger partial charge in [-0.15, -0.1) is 0 Å². The highest BCUT2D eigenvalue weighted by Gasteiger charge is 2.64. The fraction of sp³-hybridized carbons (Fsp3) is 0.267. The Hall–Kier alpha value is -4.37. The van der Waals surface area contributed by atoms with Crippen LogP contribution in [0.5, 0.6) is 5.75 Å². The van der Waals surface area contributed by atoms with Gasteiger partial charge in [-0.05, 0) is 74.7 Å². The van der Waals surface area contributed by atoms with Crippen molar-refractivity contribution >= 4 is 22.8 Å². The van der Waals surface area contributed by atoms with Crippen LogP contribution in [0, 0.1) is 24.1 Å². The number of rotatable bonds is 9. The van der Waals surface area contributed by atoms with Crippen LogP contribution in [0.3, 0.4) is 0 Å². The second kappa shape index (κ2) is 10.8. The molecular formula is C30H28FN3O5. The third-order valence-electron chi connectivity index (χ3n) is 7.09. The molecule has 9 heteroatoms. The lowest BCUT2D eigenvalue weighted by atomic mass is 9.93. The number of nitrogens with one attached hydrogen (secondary N) is 1. The van der Waals surface area contributed by atoms with E-state index in [9.17, 15) is 9.59 Å². The van der Waals surface area contributed by atoms with Gasteiger partial charge in [0, 0.05) is 28.9 Å². The number of hydrogen-bond donors (Lipinski definition) is 2. The summed E-state index contributed by atoms with van der Waals surface area (Å²) >= 11 is 0. The minimum atomic E-state index is -1.13. The van der Waals surface area contributed by atoms with Crippen LogP contribution in [-0.2, 0) is 27.4 Å². The minimum Gasteiger partial charge on any atom is -0.486 e. The Morgan fingerprint density at radius 3 is 2.74 bits per heavy atom. The van der Waals surface area contributed by atoms with Gasteiger partial charge in [0.1, 0.15) is 6.61 Å². The molecule has 4 aromatic rings. The van der Waals surface area contributed by atoms with Crippen LogP contribution in [0.4, 0.5) is 4.39 Å². The lowest BCUT2D eigenvalue weighted by molar-refractivity contribution is -0.152. The molecule has 39 heavy (non-hydrogen) atoms. The third kappa shape index (κ3) is 5.31. The summed E-state index contributed by atoms with van der Waals surface area (Å²) in [6.45, 7) is 3.93. The molecular weight excluding hydrogens is 501 g/mol. The van der Waals surface area contributed by atoms with E-state index in [0.717, 1.165) is 33.3 Å². The Morgan fingerprint density at radius 2 is 2.03 bits per heavy atom. The molecule has 2 aromatic heterocycles. The van der Waals surface area contributed by atoms with Crippen molar-refractivity contribution in [1.82, 2.24) is 15.4 Å². The lowest BCUT2D eigenvalue weighted by Crippen LogP contribution is -2.30. The molecule has 2 N–H and O–H groups in total. The SMILES string of the molecule is CCOC(=O)[C@@]1(Cc2ccc(OCc3cc(-c4cccnc4)nc4ccc(C)cc34)c(F)c2)C[C@@H]1C(=O)NO. The number of benzene rings is 2. The van der Waals surface area contributed by atoms with Gasteiger partial charge in [0.2, 0.25) is 5.91 Å². The number of carbonyl (C=O) groups excluding carboxylic acids is 2. The summed E-state index contributed by atoms with van der Waals surface area (Å²) in [6, 6.07) is 16.1. The van der Waals surface area contributed by atoms with Crippen molar-refractivity contribution in [2.24, 2.45) is 11.3 Å². The zero-order chi connectivity index (χ0) is 27.6. The summed E-state index contributed by atoms with van der Waals surface area (Å²) in [7, 11) is 0. The Labute approximate surface area is 224 Å². The van der Waals surface area contributed by atoms with E-state index in [0.29, 0.717) is 5.56 Å². The van der Waals surface area contributed by atoms with Crippen molar-refractivity contribution < 1.29 is 28.7 Å². The zero-order valence-corrected chi connectivity index (χ0v) is 21.6. The van der Waals surface area contributed by atoms with Gasteiger partial charge in [-0.1, -0.05) is 17.7 Å². The summed E-state index contributed by atoms with van der Waals surface area (Å²) in [5, 5.41) is 9.93. The van der Waals surface area contributed by atoms with Crippen molar-refractivity contribution in [3.63, 3.8) is 0 Å². The predicted molar refractivity (Wildman–Crippen MR) is 141 cm³/mol. The summed E-state index contributed by atoms with van der Waals surface area (Å²) < 4.78 is 26.2. The molecule has 0 unspecified atom stereocenters. The topological polar surface area (TPSA) is 111 Å². The molecule has 0 radical (unpaired) electrons. The third-order valence-corrected chi connectivity index (χ3v) is 7.09. The van der Waals surface area contributed by atoms with Crippen LogP contribution in [0.15, 0.2) is 67.0 Å². The van der Waals surface area contributed by atoms with Crippen LogP contribution < -0.4 is 10.2 Å². The molecule has 5 rings (SSSR count). The number of amides is 1. The number of nitrogens with zero attached hydrogens (tertiary/aromatic N) is 2. The molecule has 0 saturated heterocycles. The molecule has 200 valence electrons. The quantitative estimate of drug-likeness (QED) is 0.179. The van der Waals surface area contributed by atoms with Gasteiger partial charge in [0.15, 0.2) is 11.6 Å². The number of aryl methyl sites for hydroxylation is 1.